The number of rotatable bonds is 3. The van der Waals surface area contributed by atoms with Crippen LogP contribution in [0, 0.1) is 0 Å². The third kappa shape index (κ3) is 1.31. The van der Waals surface area contributed by atoms with Crippen molar-refractivity contribution >= 4 is 17.3 Å². The van der Waals surface area contributed by atoms with Crippen LogP contribution in [0.15, 0.2) is 29.3 Å². The van der Waals surface area contributed by atoms with Crippen molar-refractivity contribution in [2.24, 2.45) is 4.99 Å². The Morgan fingerprint density at radius 3 is 2.88 bits per heavy atom. The van der Waals surface area contributed by atoms with E-state index in [0.29, 0.717) is 0 Å². The van der Waals surface area contributed by atoms with E-state index in [9.17, 15) is 0 Å². The van der Waals surface area contributed by atoms with Crippen LogP contribution in [0.1, 0.15) is 19.8 Å². The predicted molar refractivity (Wildman–Crippen MR) is 68.3 cm³/mol. The van der Waals surface area contributed by atoms with Crippen molar-refractivity contribution in [2.45, 2.75) is 19.8 Å². The Labute approximate surface area is 96.4 Å². The molecule has 0 saturated carbocycles. The van der Waals surface area contributed by atoms with Crippen molar-refractivity contribution in [2.75, 3.05) is 29.4 Å². The van der Waals surface area contributed by atoms with Gasteiger partial charge in [-0.15, -0.1) is 0 Å². The summed E-state index contributed by atoms with van der Waals surface area (Å²) in [6, 6.07) is 8.62. The fourth-order valence-electron chi connectivity index (χ4n) is 2.46. The highest BCUT2D eigenvalue weighted by Gasteiger charge is 2.34. The Morgan fingerprint density at radius 2 is 2.06 bits per heavy atom. The first-order valence-corrected chi connectivity index (χ1v) is 6.10. The maximum atomic E-state index is 4.62. The number of hydrogen-bond acceptors (Lipinski definition) is 3. The zero-order valence-corrected chi connectivity index (χ0v) is 9.69. The van der Waals surface area contributed by atoms with Gasteiger partial charge in [0.15, 0.2) is 0 Å². The molecule has 2 aliphatic rings. The third-order valence-corrected chi connectivity index (χ3v) is 3.26. The van der Waals surface area contributed by atoms with Crippen LogP contribution in [-0.4, -0.2) is 25.6 Å². The van der Waals surface area contributed by atoms with Crippen LogP contribution in [0.4, 0.5) is 11.4 Å². The molecule has 0 N–H and O–H groups in total. The summed E-state index contributed by atoms with van der Waals surface area (Å²) in [5.74, 6) is 1.16. The summed E-state index contributed by atoms with van der Waals surface area (Å²) in [5, 5.41) is 0. The minimum Gasteiger partial charge on any atom is -0.310 e. The molecule has 2 heterocycles. The molecule has 0 fully saturated rings. The van der Waals surface area contributed by atoms with Gasteiger partial charge in [0.1, 0.15) is 0 Å². The van der Waals surface area contributed by atoms with Gasteiger partial charge in [0.05, 0.1) is 17.9 Å². The van der Waals surface area contributed by atoms with Gasteiger partial charge in [-0.05, 0) is 18.6 Å². The van der Waals surface area contributed by atoms with Crippen LogP contribution in [-0.2, 0) is 0 Å². The summed E-state index contributed by atoms with van der Waals surface area (Å²) in [5.41, 5.74) is 2.66. The summed E-state index contributed by atoms with van der Waals surface area (Å²) >= 11 is 0. The van der Waals surface area contributed by atoms with Crippen LogP contribution < -0.4 is 9.80 Å². The average molecular weight is 215 g/mol. The first-order chi connectivity index (χ1) is 7.92. The van der Waals surface area contributed by atoms with Gasteiger partial charge in [-0.25, -0.2) is 0 Å². The van der Waals surface area contributed by atoms with E-state index in [-0.39, 0.29) is 0 Å². The smallest absolute Gasteiger partial charge is 0.205 e. The number of unbranched alkanes of at least 4 members (excludes halogenated alkanes) is 1. The summed E-state index contributed by atoms with van der Waals surface area (Å²) < 4.78 is 0. The molecule has 2 aliphatic heterocycles. The fourth-order valence-corrected chi connectivity index (χ4v) is 2.46. The number of aliphatic imine (C=N–C) groups is 1. The number of para-hydroxylation sites is 2. The van der Waals surface area contributed by atoms with E-state index in [1.165, 1.54) is 24.2 Å². The maximum absolute atomic E-state index is 4.62. The molecular weight excluding hydrogens is 198 g/mol. The molecule has 1 aromatic rings. The van der Waals surface area contributed by atoms with Crippen molar-refractivity contribution < 1.29 is 0 Å². The van der Waals surface area contributed by atoms with Gasteiger partial charge in [0, 0.05) is 13.1 Å². The van der Waals surface area contributed by atoms with Gasteiger partial charge in [0.25, 0.3) is 0 Å². The van der Waals surface area contributed by atoms with Crippen LogP contribution in [0.3, 0.4) is 0 Å². The standard InChI is InChI=1S/C13H17N3/c1-2-3-9-15-11-6-4-5-7-12(11)16-10-8-14-13(15)16/h4-7H,2-3,8-10H2,1H3. The second kappa shape index (κ2) is 3.81. The van der Waals surface area contributed by atoms with Gasteiger partial charge in [-0.3, -0.25) is 4.99 Å². The Balaban J connectivity index is 1.97. The molecule has 0 aliphatic carbocycles. The summed E-state index contributed by atoms with van der Waals surface area (Å²) in [6.07, 6.45) is 2.45. The highest BCUT2D eigenvalue weighted by molar-refractivity contribution is 6.17. The first-order valence-electron chi connectivity index (χ1n) is 6.10. The highest BCUT2D eigenvalue weighted by Crippen LogP contribution is 2.38. The molecular formula is C13H17N3. The molecule has 1 aromatic carbocycles. The van der Waals surface area contributed by atoms with Crippen molar-refractivity contribution in [3.05, 3.63) is 24.3 Å². The van der Waals surface area contributed by atoms with Gasteiger partial charge >= 0.3 is 0 Å². The monoisotopic (exact) mass is 215 g/mol. The number of hydrogen-bond donors (Lipinski definition) is 0. The number of anilines is 2. The van der Waals surface area contributed by atoms with Crippen LogP contribution in [0.2, 0.25) is 0 Å². The topological polar surface area (TPSA) is 18.8 Å². The number of guanidine groups is 1. The van der Waals surface area contributed by atoms with E-state index in [4.69, 9.17) is 0 Å². The Bertz CT molecular complexity index is 425. The van der Waals surface area contributed by atoms with E-state index in [1.54, 1.807) is 0 Å². The molecule has 3 nitrogen and oxygen atoms in total. The lowest BCUT2D eigenvalue weighted by Crippen LogP contribution is -2.35. The van der Waals surface area contributed by atoms with Crippen molar-refractivity contribution in [3.8, 4) is 0 Å². The molecule has 16 heavy (non-hydrogen) atoms. The first kappa shape index (κ1) is 9.70. The van der Waals surface area contributed by atoms with E-state index >= 15 is 0 Å². The van der Waals surface area contributed by atoms with Crippen molar-refractivity contribution in [1.29, 1.82) is 0 Å². The normalized spacial score (nSPS) is 17.4. The summed E-state index contributed by atoms with van der Waals surface area (Å²) in [7, 11) is 0. The zero-order valence-electron chi connectivity index (χ0n) is 9.69. The number of fused-ring (bicyclic) bond motifs is 3. The molecule has 0 spiro atoms. The third-order valence-electron chi connectivity index (χ3n) is 3.26. The molecule has 0 atom stereocenters. The zero-order chi connectivity index (χ0) is 11.0. The second-order valence-corrected chi connectivity index (χ2v) is 4.33. The molecule has 3 rings (SSSR count). The Hall–Kier alpha value is -1.51. The van der Waals surface area contributed by atoms with E-state index in [2.05, 4.69) is 46.0 Å². The second-order valence-electron chi connectivity index (χ2n) is 4.33. The van der Waals surface area contributed by atoms with Crippen LogP contribution in [0.5, 0.6) is 0 Å². The predicted octanol–water partition coefficient (Wildman–Crippen LogP) is 2.48. The lowest BCUT2D eigenvalue weighted by Gasteiger charge is -2.18. The van der Waals surface area contributed by atoms with E-state index in [0.717, 1.165) is 25.6 Å². The molecule has 0 radical (unpaired) electrons. The largest absolute Gasteiger partial charge is 0.310 e. The minimum absolute atomic E-state index is 0.937. The van der Waals surface area contributed by atoms with Gasteiger partial charge in [-0.2, -0.15) is 0 Å². The summed E-state index contributed by atoms with van der Waals surface area (Å²) in [6.45, 7) is 5.29. The quantitative estimate of drug-likeness (QED) is 0.771. The van der Waals surface area contributed by atoms with Crippen LogP contribution in [0.25, 0.3) is 0 Å². The lowest BCUT2D eigenvalue weighted by atomic mass is 10.2. The number of nitrogens with zero attached hydrogens (tertiary/aromatic N) is 3. The fraction of sp³-hybridized carbons (Fsp3) is 0.462. The van der Waals surface area contributed by atoms with Gasteiger partial charge in [0.2, 0.25) is 5.96 Å². The van der Waals surface area contributed by atoms with E-state index < -0.39 is 0 Å². The lowest BCUT2D eigenvalue weighted by molar-refractivity contribution is 0.797. The molecule has 3 heteroatoms. The number of benzene rings is 1. The Morgan fingerprint density at radius 1 is 1.25 bits per heavy atom. The maximum Gasteiger partial charge on any atom is 0.205 e. The molecule has 0 saturated heterocycles. The Kier molecular flexibility index (Phi) is 2.31. The van der Waals surface area contributed by atoms with Gasteiger partial charge in [-0.1, -0.05) is 25.5 Å². The van der Waals surface area contributed by atoms with Crippen LogP contribution >= 0.6 is 0 Å². The molecule has 0 amide bonds. The van der Waals surface area contributed by atoms with E-state index in [1.807, 2.05) is 0 Å². The molecule has 0 aromatic heterocycles. The minimum atomic E-state index is 0.937. The SMILES string of the molecule is CCCCN1C2=NCCN2c2ccccc21. The summed E-state index contributed by atoms with van der Waals surface area (Å²) in [4.78, 5) is 9.32. The average Bonchev–Trinajstić information content (AvgIpc) is 2.87. The molecule has 84 valence electrons. The molecule has 0 bridgehead atoms. The van der Waals surface area contributed by atoms with Crippen molar-refractivity contribution in [3.63, 3.8) is 0 Å². The molecule has 0 unspecified atom stereocenters. The van der Waals surface area contributed by atoms with Gasteiger partial charge < -0.3 is 9.80 Å². The van der Waals surface area contributed by atoms with Crippen molar-refractivity contribution in [1.82, 2.24) is 0 Å². The highest BCUT2D eigenvalue weighted by atomic mass is 15.5.